The number of carbonyl (C=O) groups excluding carboxylic acids is 1. The zero-order valence-electron chi connectivity index (χ0n) is 22.0. The predicted octanol–water partition coefficient (Wildman–Crippen LogP) is 8.36. The number of esters is 1. The Hall–Kier alpha value is -2.35. The van der Waals surface area contributed by atoms with Gasteiger partial charge in [0.05, 0.1) is 12.7 Å². The van der Waals surface area contributed by atoms with Gasteiger partial charge in [-0.3, -0.25) is 0 Å². The summed E-state index contributed by atoms with van der Waals surface area (Å²) in [4.78, 5) is 11.8. The number of hydrogen-bond acceptors (Lipinski definition) is 2. The van der Waals surface area contributed by atoms with Crippen molar-refractivity contribution < 1.29 is 9.53 Å². The molecule has 0 spiro atoms. The number of hydrogen-bond donors (Lipinski definition) is 0. The topological polar surface area (TPSA) is 26.3 Å². The maximum Gasteiger partial charge on any atom is 0.337 e. The van der Waals surface area contributed by atoms with Crippen LogP contribution in [0.4, 0.5) is 0 Å². The predicted molar refractivity (Wildman–Crippen MR) is 141 cm³/mol. The van der Waals surface area contributed by atoms with Crippen LogP contribution in [0.5, 0.6) is 0 Å². The van der Waals surface area contributed by atoms with Crippen molar-refractivity contribution in [1.29, 1.82) is 0 Å². The largest absolute Gasteiger partial charge is 0.465 e. The number of aryl methyl sites for hydroxylation is 1. The number of methoxy groups -OCH3 is 1. The molecule has 0 heterocycles. The zero-order chi connectivity index (χ0) is 24.4. The molecule has 0 N–H and O–H groups in total. The Balaban J connectivity index is 2.04. The van der Waals surface area contributed by atoms with E-state index in [2.05, 4.69) is 66.7 Å². The van der Waals surface area contributed by atoms with Crippen LogP contribution in [0.1, 0.15) is 112 Å². The molecule has 0 aromatic heterocycles. The van der Waals surface area contributed by atoms with Crippen LogP contribution in [0, 0.1) is 5.92 Å². The fourth-order valence-corrected chi connectivity index (χ4v) is 5.85. The summed E-state index contributed by atoms with van der Waals surface area (Å²) in [7, 11) is 1.42. The molecule has 2 heteroatoms. The summed E-state index contributed by atoms with van der Waals surface area (Å²) < 4.78 is 4.83. The van der Waals surface area contributed by atoms with Crippen LogP contribution < -0.4 is 0 Å². The van der Waals surface area contributed by atoms with Gasteiger partial charge in [-0.05, 0) is 88.5 Å². The van der Waals surface area contributed by atoms with E-state index < -0.39 is 0 Å². The third-order valence-electron chi connectivity index (χ3n) is 7.70. The smallest absolute Gasteiger partial charge is 0.337 e. The number of benzene rings is 2. The molecule has 0 saturated carbocycles. The Morgan fingerprint density at radius 3 is 2.12 bits per heavy atom. The maximum atomic E-state index is 11.8. The molecule has 0 atom stereocenters. The highest BCUT2D eigenvalue weighted by molar-refractivity contribution is 5.90. The Kier molecular flexibility index (Phi) is 7.56. The highest BCUT2D eigenvalue weighted by atomic mass is 16.5. The quantitative estimate of drug-likeness (QED) is 0.301. The fourth-order valence-electron chi connectivity index (χ4n) is 5.85. The average molecular weight is 447 g/mol. The second kappa shape index (κ2) is 9.87. The maximum absolute atomic E-state index is 11.8. The van der Waals surface area contributed by atoms with Gasteiger partial charge in [0.1, 0.15) is 0 Å². The molecule has 0 bridgehead atoms. The van der Waals surface area contributed by atoms with Gasteiger partial charge in [-0.1, -0.05) is 84.7 Å². The standard InChI is InChI=1S/C31H42O2/c1-9-22(10-2)11-16-25-18-27-28(31(6,7)20-30(27,4)5)19-26(25)21(3)17-23-12-14-24(15-13-23)29(32)33-8/h12-15,17-19,22H,9-11,16,20H2,1-8H3/b21-17+. The second-order valence-corrected chi connectivity index (χ2v) is 11.2. The van der Waals surface area contributed by atoms with Crippen LogP contribution in [0.25, 0.3) is 11.6 Å². The van der Waals surface area contributed by atoms with E-state index in [0.717, 1.165) is 17.9 Å². The first-order chi connectivity index (χ1) is 15.5. The molecular formula is C31H42O2. The van der Waals surface area contributed by atoms with Crippen LogP contribution in [0.2, 0.25) is 0 Å². The van der Waals surface area contributed by atoms with Gasteiger partial charge in [0.2, 0.25) is 0 Å². The molecule has 178 valence electrons. The van der Waals surface area contributed by atoms with Gasteiger partial charge in [-0.25, -0.2) is 4.79 Å². The van der Waals surface area contributed by atoms with Crippen molar-refractivity contribution in [2.45, 2.75) is 91.4 Å². The summed E-state index contributed by atoms with van der Waals surface area (Å²) in [5, 5.41) is 0. The SMILES string of the molecule is CCC(CC)CCc1cc2c(cc1/C(C)=C/c1ccc(C(=O)OC)cc1)C(C)(C)CC2(C)C. The van der Waals surface area contributed by atoms with E-state index in [4.69, 9.17) is 4.74 Å². The van der Waals surface area contributed by atoms with E-state index in [-0.39, 0.29) is 16.8 Å². The lowest BCUT2D eigenvalue weighted by atomic mass is 9.82. The molecule has 1 aliphatic carbocycles. The molecule has 0 unspecified atom stereocenters. The third-order valence-corrected chi connectivity index (χ3v) is 7.70. The minimum absolute atomic E-state index is 0.184. The van der Waals surface area contributed by atoms with Gasteiger partial charge < -0.3 is 4.74 Å². The van der Waals surface area contributed by atoms with E-state index in [0.29, 0.717) is 5.56 Å². The number of ether oxygens (including phenoxy) is 1. The Labute approximate surface area is 201 Å². The van der Waals surface area contributed by atoms with Crippen molar-refractivity contribution in [3.63, 3.8) is 0 Å². The molecular weight excluding hydrogens is 404 g/mol. The lowest BCUT2D eigenvalue weighted by molar-refractivity contribution is 0.0600. The van der Waals surface area contributed by atoms with E-state index in [1.165, 1.54) is 60.6 Å². The summed E-state index contributed by atoms with van der Waals surface area (Å²) in [6, 6.07) is 12.7. The highest BCUT2D eigenvalue weighted by Crippen LogP contribution is 2.50. The van der Waals surface area contributed by atoms with Crippen molar-refractivity contribution in [2.24, 2.45) is 5.92 Å². The molecule has 0 fully saturated rings. The summed E-state index contributed by atoms with van der Waals surface area (Å²) in [6.45, 7) is 16.4. The van der Waals surface area contributed by atoms with E-state index in [1.54, 1.807) is 0 Å². The summed E-state index contributed by atoms with van der Waals surface area (Å²) >= 11 is 0. The van der Waals surface area contributed by atoms with Crippen molar-refractivity contribution in [1.82, 2.24) is 0 Å². The van der Waals surface area contributed by atoms with E-state index in [1.807, 2.05) is 24.3 Å². The van der Waals surface area contributed by atoms with Crippen LogP contribution in [0.3, 0.4) is 0 Å². The Bertz CT molecular complexity index is 1020. The average Bonchev–Trinajstić information content (AvgIpc) is 2.96. The van der Waals surface area contributed by atoms with Crippen LogP contribution >= 0.6 is 0 Å². The first-order valence-electron chi connectivity index (χ1n) is 12.6. The van der Waals surface area contributed by atoms with E-state index >= 15 is 0 Å². The van der Waals surface area contributed by atoms with Crippen LogP contribution in [-0.4, -0.2) is 13.1 Å². The molecule has 33 heavy (non-hydrogen) atoms. The number of carbonyl (C=O) groups is 1. The lowest BCUT2D eigenvalue weighted by Gasteiger charge is -2.22. The van der Waals surface area contributed by atoms with Gasteiger partial charge >= 0.3 is 5.97 Å². The van der Waals surface area contributed by atoms with E-state index in [9.17, 15) is 4.79 Å². The van der Waals surface area contributed by atoms with Gasteiger partial charge in [0, 0.05) is 0 Å². The molecule has 2 nitrogen and oxygen atoms in total. The van der Waals surface area contributed by atoms with Crippen LogP contribution in [-0.2, 0) is 22.0 Å². The molecule has 1 aliphatic rings. The molecule has 0 amide bonds. The minimum Gasteiger partial charge on any atom is -0.465 e. The highest BCUT2D eigenvalue weighted by Gasteiger charge is 2.42. The molecule has 0 radical (unpaired) electrons. The van der Waals surface area contributed by atoms with Crippen LogP contribution in [0.15, 0.2) is 36.4 Å². The zero-order valence-corrected chi connectivity index (χ0v) is 22.0. The van der Waals surface area contributed by atoms with Gasteiger partial charge in [-0.2, -0.15) is 0 Å². The molecule has 3 rings (SSSR count). The second-order valence-electron chi connectivity index (χ2n) is 11.2. The summed E-state index contributed by atoms with van der Waals surface area (Å²) in [5.41, 5.74) is 9.25. The fraction of sp³-hybridized carbons (Fsp3) is 0.516. The van der Waals surface area contributed by atoms with Gasteiger partial charge in [-0.15, -0.1) is 0 Å². The van der Waals surface area contributed by atoms with Crippen molar-refractivity contribution in [2.75, 3.05) is 7.11 Å². The number of fused-ring (bicyclic) bond motifs is 1. The number of rotatable bonds is 8. The molecule has 2 aromatic rings. The molecule has 2 aromatic carbocycles. The first kappa shape index (κ1) is 25.3. The molecule has 0 aliphatic heterocycles. The summed E-state index contributed by atoms with van der Waals surface area (Å²) in [5.74, 6) is 0.486. The third kappa shape index (κ3) is 5.42. The van der Waals surface area contributed by atoms with Crippen molar-refractivity contribution in [3.05, 3.63) is 69.8 Å². The first-order valence-corrected chi connectivity index (χ1v) is 12.6. The molecule has 0 saturated heterocycles. The van der Waals surface area contributed by atoms with Crippen molar-refractivity contribution >= 4 is 17.6 Å². The summed E-state index contributed by atoms with van der Waals surface area (Å²) in [6.07, 6.45) is 8.29. The lowest BCUT2D eigenvalue weighted by Crippen LogP contribution is -2.18. The Morgan fingerprint density at radius 1 is 1.00 bits per heavy atom. The van der Waals surface area contributed by atoms with Crippen molar-refractivity contribution in [3.8, 4) is 0 Å². The normalized spacial score (nSPS) is 16.7. The minimum atomic E-state index is -0.297. The number of allylic oxidation sites excluding steroid dienone is 1. The van der Waals surface area contributed by atoms with Gasteiger partial charge in [0.25, 0.3) is 0 Å². The monoisotopic (exact) mass is 446 g/mol. The Morgan fingerprint density at radius 2 is 1.58 bits per heavy atom. The van der Waals surface area contributed by atoms with Gasteiger partial charge in [0.15, 0.2) is 0 Å².